The van der Waals surface area contributed by atoms with Crippen molar-refractivity contribution < 1.29 is 9.53 Å². The van der Waals surface area contributed by atoms with Gasteiger partial charge >= 0.3 is 0 Å². The average molecular weight is 410 g/mol. The smallest absolute Gasteiger partial charge is 0.270 e. The lowest BCUT2D eigenvalue weighted by molar-refractivity contribution is 0.0730. The normalized spacial score (nSPS) is 18.8. The molecular formula is C23H24ClN3O2. The van der Waals surface area contributed by atoms with Crippen molar-refractivity contribution in [2.75, 3.05) is 31.1 Å². The van der Waals surface area contributed by atoms with Crippen LogP contribution < -0.4 is 9.64 Å². The Balaban J connectivity index is 1.43. The fourth-order valence-corrected chi connectivity index (χ4v) is 4.58. The Bertz CT molecular complexity index is 1050. The summed E-state index contributed by atoms with van der Waals surface area (Å²) in [4.78, 5) is 17.7. The predicted molar refractivity (Wildman–Crippen MR) is 116 cm³/mol. The Labute approximate surface area is 175 Å². The van der Waals surface area contributed by atoms with E-state index in [1.54, 1.807) is 0 Å². The number of amides is 1. The van der Waals surface area contributed by atoms with Crippen molar-refractivity contribution in [2.45, 2.75) is 26.0 Å². The summed E-state index contributed by atoms with van der Waals surface area (Å²) in [6.45, 7) is 5.88. The molecule has 1 atom stereocenters. The molecule has 29 heavy (non-hydrogen) atoms. The minimum Gasteiger partial charge on any atom is -0.486 e. The lowest BCUT2D eigenvalue weighted by Gasteiger charge is -2.36. The Morgan fingerprint density at radius 3 is 2.59 bits per heavy atom. The molecule has 150 valence electrons. The van der Waals surface area contributed by atoms with E-state index in [9.17, 15) is 4.79 Å². The Hall–Kier alpha value is -2.66. The van der Waals surface area contributed by atoms with E-state index in [0.717, 1.165) is 36.2 Å². The maximum absolute atomic E-state index is 13.4. The second-order valence-corrected chi connectivity index (χ2v) is 8.12. The highest BCUT2D eigenvalue weighted by Crippen LogP contribution is 2.38. The molecule has 5 rings (SSSR count). The molecule has 0 aliphatic carbocycles. The molecule has 2 aliphatic rings. The van der Waals surface area contributed by atoms with E-state index in [-0.39, 0.29) is 12.0 Å². The standard InChI is InChI=1S/C23H24ClN3O2/c1-2-17-15-27-20(14-18-19(24)8-9-21(29-17)22(18)27)23(28)26-12-10-25(11-13-26)16-6-4-3-5-7-16/h3-9,14,17H,2,10-13,15H2,1H3/t17-/m0/s1. The molecule has 3 aromatic rings. The Morgan fingerprint density at radius 2 is 1.86 bits per heavy atom. The number of hydrogen-bond acceptors (Lipinski definition) is 3. The van der Waals surface area contributed by atoms with Crippen LogP contribution in [0.3, 0.4) is 0 Å². The van der Waals surface area contributed by atoms with Crippen molar-refractivity contribution in [2.24, 2.45) is 0 Å². The third kappa shape index (κ3) is 3.14. The number of nitrogens with zero attached hydrogens (tertiary/aromatic N) is 3. The van der Waals surface area contributed by atoms with Crippen molar-refractivity contribution in [1.29, 1.82) is 0 Å². The number of halogens is 1. The van der Waals surface area contributed by atoms with Crippen LogP contribution in [0.2, 0.25) is 5.02 Å². The first-order valence-electron chi connectivity index (χ1n) is 10.2. The van der Waals surface area contributed by atoms with E-state index in [4.69, 9.17) is 16.3 Å². The summed E-state index contributed by atoms with van der Waals surface area (Å²) in [5.41, 5.74) is 2.86. The zero-order valence-electron chi connectivity index (χ0n) is 16.5. The fourth-order valence-electron chi connectivity index (χ4n) is 4.38. The largest absolute Gasteiger partial charge is 0.486 e. The molecule has 2 aromatic carbocycles. The summed E-state index contributed by atoms with van der Waals surface area (Å²) in [5, 5.41) is 1.55. The van der Waals surface area contributed by atoms with Gasteiger partial charge in [0.05, 0.1) is 17.1 Å². The van der Waals surface area contributed by atoms with Crippen molar-refractivity contribution in [3.8, 4) is 5.75 Å². The molecule has 2 aliphatic heterocycles. The molecule has 0 saturated carbocycles. The highest BCUT2D eigenvalue weighted by Gasteiger charge is 2.30. The Morgan fingerprint density at radius 1 is 1.10 bits per heavy atom. The van der Waals surface area contributed by atoms with Gasteiger partial charge in [-0.15, -0.1) is 0 Å². The van der Waals surface area contributed by atoms with Crippen LogP contribution in [-0.2, 0) is 6.54 Å². The van der Waals surface area contributed by atoms with Crippen LogP contribution in [0, 0.1) is 0 Å². The van der Waals surface area contributed by atoms with Crippen LogP contribution in [0.25, 0.3) is 10.9 Å². The van der Waals surface area contributed by atoms with Gasteiger partial charge in [0.1, 0.15) is 17.5 Å². The third-order valence-corrected chi connectivity index (χ3v) is 6.34. The molecule has 0 bridgehead atoms. The van der Waals surface area contributed by atoms with Gasteiger partial charge in [0.25, 0.3) is 5.91 Å². The number of rotatable bonds is 3. The molecule has 5 nitrogen and oxygen atoms in total. The van der Waals surface area contributed by atoms with Gasteiger partial charge in [0.15, 0.2) is 0 Å². The van der Waals surface area contributed by atoms with Crippen LogP contribution >= 0.6 is 11.6 Å². The molecular weight excluding hydrogens is 386 g/mol. The van der Waals surface area contributed by atoms with E-state index in [1.807, 2.05) is 29.2 Å². The highest BCUT2D eigenvalue weighted by molar-refractivity contribution is 6.36. The van der Waals surface area contributed by atoms with Crippen molar-refractivity contribution in [3.63, 3.8) is 0 Å². The number of para-hydroxylation sites is 1. The van der Waals surface area contributed by atoms with Gasteiger partial charge in [-0.05, 0) is 36.8 Å². The van der Waals surface area contributed by atoms with Crippen LogP contribution in [0.4, 0.5) is 5.69 Å². The minimum absolute atomic E-state index is 0.0701. The number of benzene rings is 2. The van der Waals surface area contributed by atoms with E-state index in [1.165, 1.54) is 5.69 Å². The average Bonchev–Trinajstić information content (AvgIpc) is 3.17. The van der Waals surface area contributed by atoms with Gasteiger partial charge in [-0.3, -0.25) is 4.79 Å². The zero-order chi connectivity index (χ0) is 20.0. The molecule has 1 fully saturated rings. The van der Waals surface area contributed by atoms with E-state index in [0.29, 0.717) is 30.4 Å². The minimum atomic E-state index is 0.0701. The number of carbonyl (C=O) groups is 1. The quantitative estimate of drug-likeness (QED) is 0.642. The molecule has 0 N–H and O–H groups in total. The summed E-state index contributed by atoms with van der Waals surface area (Å²) >= 11 is 6.44. The van der Waals surface area contributed by atoms with Crippen molar-refractivity contribution in [3.05, 3.63) is 59.2 Å². The van der Waals surface area contributed by atoms with Crippen LogP contribution in [-0.4, -0.2) is 47.7 Å². The van der Waals surface area contributed by atoms with Crippen LogP contribution in [0.5, 0.6) is 5.75 Å². The molecule has 0 unspecified atom stereocenters. The number of anilines is 1. The second-order valence-electron chi connectivity index (χ2n) is 7.71. The summed E-state index contributed by atoms with van der Waals surface area (Å²) in [6, 6.07) is 16.1. The summed E-state index contributed by atoms with van der Waals surface area (Å²) in [7, 11) is 0. The molecule has 6 heteroatoms. The van der Waals surface area contributed by atoms with Gasteiger partial charge in [0.2, 0.25) is 0 Å². The third-order valence-electron chi connectivity index (χ3n) is 6.01. The maximum atomic E-state index is 13.4. The number of carbonyl (C=O) groups excluding carboxylic acids is 1. The maximum Gasteiger partial charge on any atom is 0.270 e. The summed E-state index contributed by atoms with van der Waals surface area (Å²) < 4.78 is 8.21. The molecule has 1 saturated heterocycles. The van der Waals surface area contributed by atoms with Crippen LogP contribution in [0.15, 0.2) is 48.5 Å². The SMILES string of the molecule is CC[C@H]1Cn2c(C(=O)N3CCN(c4ccccc4)CC3)cc3c(Cl)ccc(c32)O1. The van der Waals surface area contributed by atoms with Gasteiger partial charge in [-0.1, -0.05) is 36.7 Å². The molecule has 1 amide bonds. The molecule has 3 heterocycles. The second kappa shape index (κ2) is 7.30. The monoisotopic (exact) mass is 409 g/mol. The van der Waals surface area contributed by atoms with Gasteiger partial charge in [-0.2, -0.15) is 0 Å². The fraction of sp³-hybridized carbons (Fsp3) is 0.348. The van der Waals surface area contributed by atoms with Crippen molar-refractivity contribution >= 4 is 34.1 Å². The summed E-state index contributed by atoms with van der Waals surface area (Å²) in [6.07, 6.45) is 0.964. The summed E-state index contributed by atoms with van der Waals surface area (Å²) in [5.74, 6) is 0.892. The number of ether oxygens (including phenoxy) is 1. The lowest BCUT2D eigenvalue weighted by Crippen LogP contribution is -2.49. The van der Waals surface area contributed by atoms with Gasteiger partial charge in [-0.25, -0.2) is 0 Å². The van der Waals surface area contributed by atoms with Gasteiger partial charge < -0.3 is 19.1 Å². The first-order valence-corrected chi connectivity index (χ1v) is 10.6. The zero-order valence-corrected chi connectivity index (χ0v) is 17.2. The van der Waals surface area contributed by atoms with E-state index < -0.39 is 0 Å². The topological polar surface area (TPSA) is 37.7 Å². The predicted octanol–water partition coefficient (Wildman–Crippen LogP) is 4.43. The first kappa shape index (κ1) is 18.4. The first-order chi connectivity index (χ1) is 14.2. The lowest BCUT2D eigenvalue weighted by atomic mass is 10.2. The highest BCUT2D eigenvalue weighted by atomic mass is 35.5. The molecule has 0 radical (unpaired) electrons. The Kier molecular flexibility index (Phi) is 4.63. The molecule has 0 spiro atoms. The van der Waals surface area contributed by atoms with E-state index in [2.05, 4.69) is 40.7 Å². The van der Waals surface area contributed by atoms with Crippen LogP contribution in [0.1, 0.15) is 23.8 Å². The number of hydrogen-bond donors (Lipinski definition) is 0. The van der Waals surface area contributed by atoms with E-state index >= 15 is 0 Å². The molecule has 1 aromatic heterocycles. The number of piperazine rings is 1. The van der Waals surface area contributed by atoms with Gasteiger partial charge in [0, 0.05) is 37.3 Å². The van der Waals surface area contributed by atoms with Crippen molar-refractivity contribution in [1.82, 2.24) is 9.47 Å². The number of aromatic nitrogens is 1.